The van der Waals surface area contributed by atoms with E-state index in [1.807, 2.05) is 6.08 Å². The maximum Gasteiger partial charge on any atom is 0.0108 e. The molecule has 3 rings (SSSR count). The molecule has 0 aliphatic heterocycles. The molecule has 2 aliphatic carbocycles. The van der Waals surface area contributed by atoms with Crippen molar-refractivity contribution in [3.63, 3.8) is 0 Å². The number of rotatable bonds is 0. The first kappa shape index (κ1) is 6.08. The van der Waals surface area contributed by atoms with Crippen LogP contribution in [0.3, 0.4) is 0 Å². The zero-order chi connectivity index (χ0) is 7.97. The number of hydrogen-bond donors (Lipinski definition) is 0. The van der Waals surface area contributed by atoms with Crippen molar-refractivity contribution < 1.29 is 0 Å². The Hall–Kier alpha value is -1.48. The van der Waals surface area contributed by atoms with Crippen LogP contribution in [-0.4, -0.2) is 0 Å². The second-order valence-electron chi connectivity index (χ2n) is 3.27. The second-order valence-corrected chi connectivity index (χ2v) is 3.27. The largest absolute Gasteiger partial charge is 0.0693 e. The summed E-state index contributed by atoms with van der Waals surface area (Å²) >= 11 is 0. The zero-order valence-corrected chi connectivity index (χ0v) is 6.72. The highest BCUT2D eigenvalue weighted by Crippen LogP contribution is 2.35. The molecular formula is C12H8. The smallest absolute Gasteiger partial charge is 0.0108 e. The molecule has 0 heteroatoms. The summed E-state index contributed by atoms with van der Waals surface area (Å²) < 4.78 is 0. The van der Waals surface area contributed by atoms with Gasteiger partial charge in [-0.05, 0) is 35.6 Å². The minimum atomic E-state index is 1.15. The minimum Gasteiger partial charge on any atom is -0.0693 e. The molecule has 1 aromatic carbocycles. The maximum absolute atomic E-state index is 3.19. The van der Waals surface area contributed by atoms with E-state index in [0.29, 0.717) is 0 Å². The predicted molar refractivity (Wildman–Crippen MR) is 49.7 cm³/mol. The molecular weight excluding hydrogens is 144 g/mol. The third-order valence-corrected chi connectivity index (χ3v) is 2.58. The van der Waals surface area contributed by atoms with Gasteiger partial charge in [0.15, 0.2) is 0 Å². The lowest BCUT2D eigenvalue weighted by Crippen LogP contribution is -1.86. The van der Waals surface area contributed by atoms with E-state index < -0.39 is 0 Å². The van der Waals surface area contributed by atoms with Crippen molar-refractivity contribution in [1.29, 1.82) is 0 Å². The monoisotopic (exact) mass is 152 g/mol. The Morgan fingerprint density at radius 3 is 3.17 bits per heavy atom. The van der Waals surface area contributed by atoms with Crippen molar-refractivity contribution in [1.82, 2.24) is 0 Å². The third kappa shape index (κ3) is 0.636. The summed E-state index contributed by atoms with van der Waals surface area (Å²) in [6.07, 6.45) is 4.35. The predicted octanol–water partition coefficient (Wildman–Crippen LogP) is 2.80. The molecule has 0 N–H and O–H groups in total. The second kappa shape index (κ2) is 2.01. The van der Waals surface area contributed by atoms with Crippen LogP contribution in [0.5, 0.6) is 0 Å². The van der Waals surface area contributed by atoms with Gasteiger partial charge in [0.2, 0.25) is 0 Å². The molecule has 1 aromatic rings. The summed E-state index contributed by atoms with van der Waals surface area (Å²) in [6.45, 7) is 0. The summed E-state index contributed by atoms with van der Waals surface area (Å²) in [4.78, 5) is 0. The van der Waals surface area contributed by atoms with Crippen LogP contribution in [-0.2, 0) is 6.42 Å². The van der Waals surface area contributed by atoms with Gasteiger partial charge in [0.05, 0.1) is 0 Å². The van der Waals surface area contributed by atoms with Crippen LogP contribution in [0.2, 0.25) is 0 Å². The van der Waals surface area contributed by atoms with E-state index in [2.05, 4.69) is 29.7 Å². The fourth-order valence-electron chi connectivity index (χ4n) is 2.03. The summed E-state index contributed by atoms with van der Waals surface area (Å²) in [6, 6.07) is 6.49. The fraction of sp³-hybridized carbons (Fsp3) is 0.167. The molecule has 0 unspecified atom stereocenters. The Balaban J connectivity index is 2.49. The lowest BCUT2D eigenvalue weighted by atomic mass is 9.99. The van der Waals surface area contributed by atoms with Gasteiger partial charge in [0.1, 0.15) is 0 Å². The van der Waals surface area contributed by atoms with E-state index in [9.17, 15) is 0 Å². The first-order valence-corrected chi connectivity index (χ1v) is 4.28. The fourth-order valence-corrected chi connectivity index (χ4v) is 2.03. The number of aryl methyl sites for hydroxylation is 1. The molecule has 0 heterocycles. The van der Waals surface area contributed by atoms with Crippen molar-refractivity contribution >= 4 is 11.6 Å². The number of hydrogen-bond acceptors (Lipinski definition) is 0. The van der Waals surface area contributed by atoms with E-state index in [0.717, 1.165) is 6.42 Å². The van der Waals surface area contributed by atoms with Gasteiger partial charge < -0.3 is 0 Å². The average molecular weight is 152 g/mol. The van der Waals surface area contributed by atoms with Crippen LogP contribution in [0.25, 0.3) is 11.6 Å². The van der Waals surface area contributed by atoms with Crippen LogP contribution in [0.15, 0.2) is 29.7 Å². The Labute approximate surface area is 71.5 Å². The summed E-state index contributed by atoms with van der Waals surface area (Å²) in [5, 5.41) is 0. The van der Waals surface area contributed by atoms with Gasteiger partial charge in [-0.1, -0.05) is 29.7 Å². The quantitative estimate of drug-likeness (QED) is 0.501. The molecule has 0 atom stereocenters. The molecule has 0 amide bonds. The van der Waals surface area contributed by atoms with Crippen LogP contribution >= 0.6 is 0 Å². The molecule has 2 aliphatic rings. The van der Waals surface area contributed by atoms with E-state index in [1.165, 1.54) is 28.7 Å². The van der Waals surface area contributed by atoms with Crippen LogP contribution in [0, 0.1) is 0 Å². The zero-order valence-electron chi connectivity index (χ0n) is 6.72. The average Bonchev–Trinajstić information content (AvgIpc) is 2.52. The maximum atomic E-state index is 3.19. The van der Waals surface area contributed by atoms with Crippen molar-refractivity contribution in [3.8, 4) is 0 Å². The summed E-state index contributed by atoms with van der Waals surface area (Å²) in [5.41, 5.74) is 11.8. The molecule has 0 saturated carbocycles. The standard InChI is InChI=1S/C12H8/c1-3-9-4-2-6-11-8-7-10(5-1)12(9)11/h1,3-5H,7-8H2. The van der Waals surface area contributed by atoms with E-state index in [-0.39, 0.29) is 0 Å². The van der Waals surface area contributed by atoms with E-state index >= 15 is 0 Å². The summed E-state index contributed by atoms with van der Waals surface area (Å²) in [7, 11) is 0. The van der Waals surface area contributed by atoms with Crippen molar-refractivity contribution in [3.05, 3.63) is 46.4 Å². The normalized spacial score (nSPS) is 16.2. The van der Waals surface area contributed by atoms with Gasteiger partial charge in [-0.15, -0.1) is 0 Å². The molecule has 0 saturated heterocycles. The van der Waals surface area contributed by atoms with Gasteiger partial charge in [0.25, 0.3) is 0 Å². The first-order chi connectivity index (χ1) is 5.95. The Morgan fingerprint density at radius 2 is 2.17 bits per heavy atom. The highest BCUT2D eigenvalue weighted by molar-refractivity contribution is 5.81. The van der Waals surface area contributed by atoms with Crippen molar-refractivity contribution in [2.75, 3.05) is 0 Å². The van der Waals surface area contributed by atoms with Gasteiger partial charge in [0, 0.05) is 5.57 Å². The van der Waals surface area contributed by atoms with Crippen LogP contribution in [0.1, 0.15) is 23.1 Å². The van der Waals surface area contributed by atoms with Gasteiger partial charge in [-0.25, -0.2) is 0 Å². The van der Waals surface area contributed by atoms with Gasteiger partial charge >= 0.3 is 0 Å². The molecule has 56 valence electrons. The molecule has 0 bridgehead atoms. The highest BCUT2D eigenvalue weighted by Gasteiger charge is 2.19. The van der Waals surface area contributed by atoms with E-state index in [1.54, 1.807) is 0 Å². The minimum absolute atomic E-state index is 1.15. The first-order valence-electron chi connectivity index (χ1n) is 4.28. The van der Waals surface area contributed by atoms with Gasteiger partial charge in [-0.2, -0.15) is 0 Å². The van der Waals surface area contributed by atoms with E-state index in [4.69, 9.17) is 0 Å². The Kier molecular flexibility index (Phi) is 1.02. The SMILES string of the molecule is C1=C=C2CCc3cccc(c32)C=1. The highest BCUT2D eigenvalue weighted by atomic mass is 14.2. The topological polar surface area (TPSA) is 0 Å². The Bertz CT molecular complexity index is 451. The van der Waals surface area contributed by atoms with Crippen LogP contribution in [0.4, 0.5) is 0 Å². The lowest BCUT2D eigenvalue weighted by molar-refractivity contribution is 1.08. The third-order valence-electron chi connectivity index (χ3n) is 2.58. The number of benzene rings is 1. The molecule has 0 aromatic heterocycles. The molecule has 0 spiro atoms. The Morgan fingerprint density at radius 1 is 1.17 bits per heavy atom. The summed E-state index contributed by atoms with van der Waals surface area (Å²) in [5.74, 6) is 0. The number of allylic oxidation sites excluding steroid dienone is 1. The van der Waals surface area contributed by atoms with Crippen LogP contribution < -0.4 is 0 Å². The van der Waals surface area contributed by atoms with Crippen molar-refractivity contribution in [2.45, 2.75) is 12.8 Å². The molecule has 0 fully saturated rings. The van der Waals surface area contributed by atoms with Crippen molar-refractivity contribution in [2.24, 2.45) is 0 Å². The molecule has 0 nitrogen and oxygen atoms in total. The lowest BCUT2D eigenvalue weighted by Gasteiger charge is -2.04. The molecule has 0 radical (unpaired) electrons. The van der Waals surface area contributed by atoms with Gasteiger partial charge in [-0.3, -0.25) is 0 Å². The molecule has 12 heavy (non-hydrogen) atoms.